The van der Waals surface area contributed by atoms with E-state index in [-0.39, 0.29) is 30.1 Å². The fourth-order valence-electron chi connectivity index (χ4n) is 2.83. The molecule has 1 aromatic carbocycles. The third kappa shape index (κ3) is 4.26. The number of hydrogen-bond donors (Lipinski definition) is 2. The minimum absolute atomic E-state index is 0.0344. The number of benzene rings is 1. The van der Waals surface area contributed by atoms with Crippen molar-refractivity contribution in [1.29, 1.82) is 0 Å². The van der Waals surface area contributed by atoms with E-state index in [0.717, 1.165) is 25.7 Å². The van der Waals surface area contributed by atoms with Crippen molar-refractivity contribution in [2.45, 2.75) is 44.7 Å². The topological polar surface area (TPSA) is 98.3 Å². The average Bonchev–Trinajstić information content (AvgIpc) is 2.48. The molecule has 0 saturated heterocycles. The van der Waals surface area contributed by atoms with Gasteiger partial charge in [0.05, 0.1) is 4.92 Å². The second-order valence-corrected chi connectivity index (χ2v) is 5.58. The molecule has 0 radical (unpaired) electrons. The molecule has 114 valence electrons. The van der Waals surface area contributed by atoms with Gasteiger partial charge in [-0.2, -0.15) is 0 Å². The second-order valence-electron chi connectivity index (χ2n) is 5.58. The van der Waals surface area contributed by atoms with E-state index in [1.807, 2.05) is 0 Å². The van der Waals surface area contributed by atoms with Gasteiger partial charge in [-0.1, -0.05) is 31.0 Å². The van der Waals surface area contributed by atoms with Crippen LogP contribution in [-0.2, 0) is 11.3 Å². The Hall–Kier alpha value is -1.95. The maximum atomic E-state index is 12.0. The van der Waals surface area contributed by atoms with E-state index >= 15 is 0 Å². The smallest absolute Gasteiger partial charge is 0.274 e. The molecule has 1 aliphatic rings. The lowest BCUT2D eigenvalue weighted by Crippen LogP contribution is -2.37. The van der Waals surface area contributed by atoms with Gasteiger partial charge >= 0.3 is 0 Å². The van der Waals surface area contributed by atoms with Gasteiger partial charge in [-0.25, -0.2) is 0 Å². The van der Waals surface area contributed by atoms with E-state index in [2.05, 4.69) is 5.32 Å². The van der Waals surface area contributed by atoms with Crippen molar-refractivity contribution in [2.24, 2.45) is 11.7 Å². The molecule has 0 bridgehead atoms. The Morgan fingerprint density at radius 3 is 2.76 bits per heavy atom. The number of nitrogens with zero attached hydrogens (tertiary/aromatic N) is 1. The number of nitro benzene ring substituents is 1. The molecule has 0 aromatic heterocycles. The lowest BCUT2D eigenvalue weighted by atomic mass is 9.83. The standard InChI is InChI=1S/C15H21N3O3/c16-13-7-3-1-5-11(13)9-15(19)17-10-12-6-2-4-8-14(12)18(20)21/h2,4,6,8,11,13H,1,3,5,7,9-10,16H2,(H,17,19). The van der Waals surface area contributed by atoms with Crippen molar-refractivity contribution < 1.29 is 9.72 Å². The molecule has 1 aromatic rings. The predicted octanol–water partition coefficient (Wildman–Crippen LogP) is 2.12. The summed E-state index contributed by atoms with van der Waals surface area (Å²) in [6.07, 6.45) is 4.62. The first-order chi connectivity index (χ1) is 10.1. The lowest BCUT2D eigenvalue weighted by molar-refractivity contribution is -0.385. The maximum Gasteiger partial charge on any atom is 0.274 e. The summed E-state index contributed by atoms with van der Waals surface area (Å²) in [6.45, 7) is 0.179. The normalized spacial score (nSPS) is 21.8. The van der Waals surface area contributed by atoms with Crippen molar-refractivity contribution in [2.75, 3.05) is 0 Å². The molecular weight excluding hydrogens is 270 g/mol. The van der Waals surface area contributed by atoms with E-state index in [4.69, 9.17) is 5.73 Å². The van der Waals surface area contributed by atoms with E-state index in [9.17, 15) is 14.9 Å². The predicted molar refractivity (Wildman–Crippen MR) is 79.5 cm³/mol. The van der Waals surface area contributed by atoms with Crippen LogP contribution in [0.25, 0.3) is 0 Å². The summed E-state index contributed by atoms with van der Waals surface area (Å²) < 4.78 is 0. The Bertz CT molecular complexity index is 519. The summed E-state index contributed by atoms with van der Waals surface area (Å²) in [5.74, 6) is 0.139. The van der Waals surface area contributed by atoms with Crippen LogP contribution in [0, 0.1) is 16.0 Å². The summed E-state index contributed by atoms with van der Waals surface area (Å²) in [6, 6.07) is 6.54. The van der Waals surface area contributed by atoms with Gasteiger partial charge in [0.25, 0.3) is 5.69 Å². The van der Waals surface area contributed by atoms with Crippen LogP contribution in [0.3, 0.4) is 0 Å². The zero-order chi connectivity index (χ0) is 15.2. The molecule has 1 saturated carbocycles. The minimum atomic E-state index is -0.432. The summed E-state index contributed by atoms with van der Waals surface area (Å²) in [5.41, 5.74) is 6.58. The highest BCUT2D eigenvalue weighted by Gasteiger charge is 2.24. The number of hydrogen-bond acceptors (Lipinski definition) is 4. The van der Waals surface area contributed by atoms with Crippen LogP contribution in [0.4, 0.5) is 5.69 Å². The first-order valence-corrected chi connectivity index (χ1v) is 7.32. The van der Waals surface area contributed by atoms with Gasteiger partial charge in [0.15, 0.2) is 0 Å². The maximum absolute atomic E-state index is 12.0. The number of para-hydroxylation sites is 1. The number of amides is 1. The highest BCUT2D eigenvalue weighted by Crippen LogP contribution is 2.25. The summed E-state index contributed by atoms with van der Waals surface area (Å²) >= 11 is 0. The number of carbonyl (C=O) groups excluding carboxylic acids is 1. The number of nitrogens with two attached hydrogens (primary N) is 1. The second kappa shape index (κ2) is 7.17. The van der Waals surface area contributed by atoms with Crippen molar-refractivity contribution >= 4 is 11.6 Å². The van der Waals surface area contributed by atoms with Crippen molar-refractivity contribution in [3.05, 3.63) is 39.9 Å². The van der Waals surface area contributed by atoms with E-state index < -0.39 is 4.92 Å². The van der Waals surface area contributed by atoms with Crippen molar-refractivity contribution in [1.82, 2.24) is 5.32 Å². The molecule has 6 nitrogen and oxygen atoms in total. The van der Waals surface area contributed by atoms with Crippen LogP contribution >= 0.6 is 0 Å². The molecule has 2 rings (SSSR count). The van der Waals surface area contributed by atoms with Crippen molar-refractivity contribution in [3.8, 4) is 0 Å². The summed E-state index contributed by atoms with van der Waals surface area (Å²) in [7, 11) is 0. The molecular formula is C15H21N3O3. The fourth-order valence-corrected chi connectivity index (χ4v) is 2.83. The number of carbonyl (C=O) groups is 1. The van der Waals surface area contributed by atoms with Gasteiger partial charge in [0.2, 0.25) is 5.91 Å². The Morgan fingerprint density at radius 2 is 2.05 bits per heavy atom. The Kier molecular flexibility index (Phi) is 5.27. The fraction of sp³-hybridized carbons (Fsp3) is 0.533. The van der Waals surface area contributed by atoms with E-state index in [0.29, 0.717) is 12.0 Å². The van der Waals surface area contributed by atoms with Crippen LogP contribution in [0.5, 0.6) is 0 Å². The van der Waals surface area contributed by atoms with Crippen LogP contribution in [0.1, 0.15) is 37.7 Å². The van der Waals surface area contributed by atoms with Crippen LogP contribution < -0.4 is 11.1 Å². The van der Waals surface area contributed by atoms with Crippen LogP contribution in [0.15, 0.2) is 24.3 Å². The average molecular weight is 291 g/mol. The number of rotatable bonds is 5. The Morgan fingerprint density at radius 1 is 1.33 bits per heavy atom. The third-order valence-electron chi connectivity index (χ3n) is 4.08. The van der Waals surface area contributed by atoms with Crippen LogP contribution in [-0.4, -0.2) is 16.9 Å². The van der Waals surface area contributed by atoms with Gasteiger partial charge in [-0.3, -0.25) is 14.9 Å². The Balaban J connectivity index is 1.88. The van der Waals surface area contributed by atoms with Gasteiger partial charge in [-0.15, -0.1) is 0 Å². The first-order valence-electron chi connectivity index (χ1n) is 7.32. The Labute approximate surface area is 123 Å². The number of nitrogens with one attached hydrogen (secondary N) is 1. The van der Waals surface area contributed by atoms with Gasteiger partial charge < -0.3 is 11.1 Å². The molecule has 2 unspecified atom stereocenters. The molecule has 3 N–H and O–H groups in total. The monoisotopic (exact) mass is 291 g/mol. The quantitative estimate of drug-likeness (QED) is 0.641. The van der Waals surface area contributed by atoms with Crippen LogP contribution in [0.2, 0.25) is 0 Å². The highest BCUT2D eigenvalue weighted by atomic mass is 16.6. The molecule has 1 amide bonds. The third-order valence-corrected chi connectivity index (χ3v) is 4.08. The lowest BCUT2D eigenvalue weighted by Gasteiger charge is -2.27. The molecule has 6 heteroatoms. The molecule has 21 heavy (non-hydrogen) atoms. The van der Waals surface area contributed by atoms with Gasteiger partial charge in [0, 0.05) is 30.6 Å². The molecule has 0 aliphatic heterocycles. The van der Waals surface area contributed by atoms with E-state index in [1.165, 1.54) is 6.07 Å². The van der Waals surface area contributed by atoms with Gasteiger partial charge in [-0.05, 0) is 18.8 Å². The highest BCUT2D eigenvalue weighted by molar-refractivity contribution is 5.76. The molecule has 2 atom stereocenters. The zero-order valence-corrected chi connectivity index (χ0v) is 12.0. The largest absolute Gasteiger partial charge is 0.352 e. The molecule has 1 fully saturated rings. The summed E-state index contributed by atoms with van der Waals surface area (Å²) in [4.78, 5) is 22.4. The SMILES string of the molecule is NC1CCCCC1CC(=O)NCc1ccccc1[N+](=O)[O-]. The molecule has 0 spiro atoms. The summed E-state index contributed by atoms with van der Waals surface area (Å²) in [5, 5.41) is 13.7. The minimum Gasteiger partial charge on any atom is -0.352 e. The first kappa shape index (κ1) is 15.4. The zero-order valence-electron chi connectivity index (χ0n) is 12.0. The molecule has 1 aliphatic carbocycles. The van der Waals surface area contributed by atoms with E-state index in [1.54, 1.807) is 18.2 Å². The van der Waals surface area contributed by atoms with Crippen molar-refractivity contribution in [3.63, 3.8) is 0 Å². The molecule has 0 heterocycles. The van der Waals surface area contributed by atoms with Gasteiger partial charge in [0.1, 0.15) is 0 Å². The number of nitro groups is 1.